The third-order valence-corrected chi connectivity index (χ3v) is 4.80. The summed E-state index contributed by atoms with van der Waals surface area (Å²) in [5.41, 5.74) is 1.75. The number of H-pyrrole nitrogens is 1. The Morgan fingerprint density at radius 3 is 2.45 bits per heavy atom. The maximum Gasteiger partial charge on any atom is 0.264 e. The van der Waals surface area contributed by atoms with Crippen molar-refractivity contribution >= 4 is 23.2 Å². The number of nitrogens with zero attached hydrogens (tertiary/aromatic N) is 4. The van der Waals surface area contributed by atoms with Gasteiger partial charge < -0.3 is 10.6 Å². The third kappa shape index (κ3) is 5.43. The van der Waals surface area contributed by atoms with Crippen LogP contribution in [0.1, 0.15) is 29.9 Å². The molecule has 2 amide bonds. The Labute approximate surface area is 179 Å². The molecule has 0 unspecified atom stereocenters. The van der Waals surface area contributed by atoms with Crippen molar-refractivity contribution in [2.24, 2.45) is 0 Å². The Hall–Kier alpha value is -3.79. The van der Waals surface area contributed by atoms with Gasteiger partial charge in [-0.05, 0) is 44.3 Å². The van der Waals surface area contributed by atoms with Gasteiger partial charge in [0.1, 0.15) is 0 Å². The summed E-state index contributed by atoms with van der Waals surface area (Å²) < 4.78 is 1.47. The van der Waals surface area contributed by atoms with E-state index in [9.17, 15) is 14.4 Å². The van der Waals surface area contributed by atoms with E-state index in [4.69, 9.17) is 0 Å². The first-order valence-electron chi connectivity index (χ1n) is 9.95. The second kappa shape index (κ2) is 9.81. The number of likely N-dealkylation sites (N-methyl/N-ethyl adjacent to an activating group) is 1. The Morgan fingerprint density at radius 1 is 1.10 bits per heavy atom. The molecular formula is C21H25N7O3. The summed E-state index contributed by atoms with van der Waals surface area (Å²) in [6.45, 7) is 7.64. The van der Waals surface area contributed by atoms with Crippen LogP contribution in [0, 0.1) is 6.92 Å². The maximum absolute atomic E-state index is 12.8. The van der Waals surface area contributed by atoms with Crippen LogP contribution in [0.3, 0.4) is 0 Å². The molecule has 0 spiro atoms. The summed E-state index contributed by atoms with van der Waals surface area (Å²) >= 11 is 0. The van der Waals surface area contributed by atoms with Crippen molar-refractivity contribution < 1.29 is 9.59 Å². The zero-order valence-corrected chi connectivity index (χ0v) is 17.7. The van der Waals surface area contributed by atoms with Gasteiger partial charge >= 0.3 is 0 Å². The van der Waals surface area contributed by atoms with Crippen LogP contribution in [0.25, 0.3) is 5.82 Å². The van der Waals surface area contributed by atoms with E-state index in [0.29, 0.717) is 35.0 Å². The first kappa shape index (κ1) is 21.9. The fourth-order valence-electron chi connectivity index (χ4n) is 3.04. The molecule has 162 valence electrons. The lowest BCUT2D eigenvalue weighted by Crippen LogP contribution is -2.32. The van der Waals surface area contributed by atoms with Crippen molar-refractivity contribution in [2.45, 2.75) is 20.8 Å². The molecule has 0 aliphatic carbocycles. The van der Waals surface area contributed by atoms with Crippen LogP contribution in [-0.2, 0) is 4.79 Å². The summed E-state index contributed by atoms with van der Waals surface area (Å²) in [6.07, 6.45) is 1.44. The number of benzene rings is 1. The predicted molar refractivity (Wildman–Crippen MR) is 118 cm³/mol. The van der Waals surface area contributed by atoms with Crippen LogP contribution in [-0.4, -0.2) is 56.3 Å². The molecule has 3 N–H and O–H groups in total. The van der Waals surface area contributed by atoms with Crippen LogP contribution in [0.2, 0.25) is 0 Å². The topological polar surface area (TPSA) is 125 Å². The van der Waals surface area contributed by atoms with E-state index in [1.54, 1.807) is 31.2 Å². The van der Waals surface area contributed by atoms with E-state index in [1.165, 1.54) is 23.0 Å². The largest absolute Gasteiger partial charge is 0.325 e. The smallest absolute Gasteiger partial charge is 0.264 e. The fraction of sp³-hybridized carbons (Fsp3) is 0.286. The van der Waals surface area contributed by atoms with E-state index >= 15 is 0 Å². The molecule has 0 aliphatic heterocycles. The number of rotatable bonds is 8. The number of carbonyl (C=O) groups excluding carboxylic acids is 2. The molecule has 2 aromatic heterocycles. The number of aromatic nitrogens is 4. The molecule has 10 nitrogen and oxygen atoms in total. The molecule has 0 aliphatic rings. The molecule has 2 heterocycles. The molecule has 0 saturated heterocycles. The molecule has 0 radical (unpaired) electrons. The zero-order chi connectivity index (χ0) is 22.4. The highest BCUT2D eigenvalue weighted by atomic mass is 16.2. The molecule has 0 bridgehead atoms. The van der Waals surface area contributed by atoms with Crippen LogP contribution >= 0.6 is 0 Å². The van der Waals surface area contributed by atoms with Gasteiger partial charge in [-0.25, -0.2) is 9.78 Å². The minimum atomic E-state index is -0.347. The highest BCUT2D eigenvalue weighted by Crippen LogP contribution is 2.18. The number of aromatic amines is 1. The lowest BCUT2D eigenvalue weighted by molar-refractivity contribution is -0.117. The Bertz CT molecular complexity index is 1110. The second-order valence-electron chi connectivity index (χ2n) is 6.88. The van der Waals surface area contributed by atoms with Crippen molar-refractivity contribution in [1.29, 1.82) is 0 Å². The number of nitrogens with one attached hydrogen (secondary N) is 3. The van der Waals surface area contributed by atoms with Crippen LogP contribution < -0.4 is 16.2 Å². The molecular weight excluding hydrogens is 398 g/mol. The number of anilines is 2. The van der Waals surface area contributed by atoms with E-state index in [-0.39, 0.29) is 17.4 Å². The van der Waals surface area contributed by atoms with Crippen LogP contribution in [0.4, 0.5) is 11.4 Å². The van der Waals surface area contributed by atoms with Gasteiger partial charge in [-0.15, -0.1) is 0 Å². The van der Waals surface area contributed by atoms with E-state index in [0.717, 1.165) is 13.1 Å². The van der Waals surface area contributed by atoms with E-state index < -0.39 is 0 Å². The minimum absolute atomic E-state index is 0.113. The van der Waals surface area contributed by atoms with Crippen molar-refractivity contribution in [3.05, 3.63) is 64.2 Å². The molecule has 31 heavy (non-hydrogen) atoms. The van der Waals surface area contributed by atoms with Crippen molar-refractivity contribution in [2.75, 3.05) is 30.3 Å². The summed E-state index contributed by atoms with van der Waals surface area (Å²) in [5, 5.41) is 16.1. The Balaban J connectivity index is 1.70. The average Bonchev–Trinajstić information content (AvgIpc) is 3.14. The molecule has 10 heteroatoms. The van der Waals surface area contributed by atoms with E-state index in [2.05, 4.69) is 25.9 Å². The lowest BCUT2D eigenvalue weighted by atomic mass is 10.2. The van der Waals surface area contributed by atoms with Gasteiger partial charge in [-0.1, -0.05) is 19.9 Å². The van der Waals surface area contributed by atoms with Crippen molar-refractivity contribution in [3.8, 4) is 5.82 Å². The highest BCUT2D eigenvalue weighted by molar-refractivity contribution is 6.05. The SMILES string of the molecule is CCN(CC)CC(=O)Nc1cccc(NC(=O)c2cnn(-c3ccc(=O)[nH]n3)c2C)c1. The normalized spacial score (nSPS) is 10.8. The molecule has 3 aromatic rings. The number of hydrogen-bond acceptors (Lipinski definition) is 6. The molecule has 0 atom stereocenters. The summed E-state index contributed by atoms with van der Waals surface area (Å²) in [7, 11) is 0. The van der Waals surface area contributed by atoms with Gasteiger partial charge in [0.25, 0.3) is 11.5 Å². The van der Waals surface area contributed by atoms with Crippen LogP contribution in [0.5, 0.6) is 0 Å². The predicted octanol–water partition coefficient (Wildman–Crippen LogP) is 1.80. The first-order chi connectivity index (χ1) is 14.9. The Kier molecular flexibility index (Phi) is 6.93. The van der Waals surface area contributed by atoms with Gasteiger partial charge in [0, 0.05) is 17.4 Å². The number of amides is 2. The van der Waals surface area contributed by atoms with Crippen molar-refractivity contribution in [1.82, 2.24) is 24.9 Å². The van der Waals surface area contributed by atoms with Gasteiger partial charge in [0.15, 0.2) is 5.82 Å². The van der Waals surface area contributed by atoms with E-state index in [1.807, 2.05) is 18.7 Å². The zero-order valence-electron chi connectivity index (χ0n) is 17.7. The van der Waals surface area contributed by atoms with Gasteiger partial charge in [-0.2, -0.15) is 10.2 Å². The highest BCUT2D eigenvalue weighted by Gasteiger charge is 2.16. The quantitative estimate of drug-likeness (QED) is 0.507. The fourth-order valence-corrected chi connectivity index (χ4v) is 3.04. The minimum Gasteiger partial charge on any atom is -0.325 e. The summed E-state index contributed by atoms with van der Waals surface area (Å²) in [5.74, 6) is -0.0634. The second-order valence-corrected chi connectivity index (χ2v) is 6.88. The van der Waals surface area contributed by atoms with Gasteiger partial charge in [0.2, 0.25) is 5.91 Å². The molecule has 0 fully saturated rings. The third-order valence-electron chi connectivity index (χ3n) is 4.80. The molecule has 1 aromatic carbocycles. The van der Waals surface area contributed by atoms with Gasteiger partial charge in [0.05, 0.1) is 24.0 Å². The number of hydrogen-bond donors (Lipinski definition) is 3. The maximum atomic E-state index is 12.8. The monoisotopic (exact) mass is 423 g/mol. The van der Waals surface area contributed by atoms with Crippen molar-refractivity contribution in [3.63, 3.8) is 0 Å². The number of carbonyl (C=O) groups is 2. The summed E-state index contributed by atoms with van der Waals surface area (Å²) in [4.78, 5) is 38.2. The average molecular weight is 423 g/mol. The molecule has 3 rings (SSSR count). The molecule has 0 saturated carbocycles. The first-order valence-corrected chi connectivity index (χ1v) is 9.95. The lowest BCUT2D eigenvalue weighted by Gasteiger charge is -2.17. The van der Waals surface area contributed by atoms with Gasteiger partial charge in [-0.3, -0.25) is 19.3 Å². The van der Waals surface area contributed by atoms with Crippen LogP contribution in [0.15, 0.2) is 47.4 Å². The standard InChI is InChI=1S/C21H25N7O3/c1-4-27(5-2)13-20(30)23-15-7-6-8-16(11-15)24-21(31)17-12-22-28(14(17)3)18-9-10-19(29)26-25-18/h6-12H,4-5,13H2,1-3H3,(H,23,30)(H,24,31)(H,26,29). The summed E-state index contributed by atoms with van der Waals surface area (Å²) in [6, 6.07) is 9.81. The Morgan fingerprint density at radius 2 is 1.81 bits per heavy atom.